The summed E-state index contributed by atoms with van der Waals surface area (Å²) in [6, 6.07) is 8.82. The Morgan fingerprint density at radius 1 is 0.760 bits per heavy atom. The lowest BCUT2D eigenvalue weighted by Crippen LogP contribution is -2.43. The number of nitrogens with zero attached hydrogens (tertiary/aromatic N) is 2. The molecule has 0 radical (unpaired) electrons. The van der Waals surface area contributed by atoms with Crippen LogP contribution in [-0.4, -0.2) is 56.8 Å². The van der Waals surface area contributed by atoms with Crippen LogP contribution >= 0.6 is 0 Å². The average molecular weight is 347 g/mol. The largest absolute Gasteiger partial charge is 0.328 e. The molecule has 142 valence electrons. The van der Waals surface area contributed by atoms with Crippen LogP contribution < -0.4 is 0 Å². The van der Waals surface area contributed by atoms with Crippen LogP contribution in [0.1, 0.15) is 56.6 Å². The number of benzene rings is 1. The van der Waals surface area contributed by atoms with Crippen molar-refractivity contribution in [2.45, 2.75) is 52.0 Å². The Labute approximate surface area is 157 Å². The van der Waals surface area contributed by atoms with Crippen LogP contribution in [0.15, 0.2) is 30.8 Å². The topological polar surface area (TPSA) is 0 Å². The summed E-state index contributed by atoms with van der Waals surface area (Å²) >= 11 is 0. The second kappa shape index (κ2) is 10.8. The molecule has 0 aliphatic heterocycles. The lowest BCUT2D eigenvalue weighted by Gasteiger charge is -2.32. The predicted octanol–water partition coefficient (Wildman–Crippen LogP) is 5.34. The third kappa shape index (κ3) is 9.81. The van der Waals surface area contributed by atoms with Crippen LogP contribution in [0.4, 0.5) is 0 Å². The van der Waals surface area contributed by atoms with Crippen molar-refractivity contribution in [3.63, 3.8) is 0 Å². The zero-order valence-corrected chi connectivity index (χ0v) is 17.6. The first-order valence-electron chi connectivity index (χ1n) is 10.1. The number of unbranched alkanes of at least 4 members (excludes halogenated alkanes) is 4. The summed E-state index contributed by atoms with van der Waals surface area (Å²) < 4.78 is 2.25. The minimum absolute atomic E-state index is 1.07. The molecule has 0 spiro atoms. The van der Waals surface area contributed by atoms with Crippen molar-refractivity contribution < 1.29 is 8.97 Å². The summed E-state index contributed by atoms with van der Waals surface area (Å²) in [5.41, 5.74) is 2.62. The molecule has 0 N–H and O–H groups in total. The minimum Gasteiger partial charge on any atom is -0.328 e. The molecule has 0 heterocycles. The van der Waals surface area contributed by atoms with Gasteiger partial charge < -0.3 is 8.97 Å². The lowest BCUT2D eigenvalue weighted by atomic mass is 10.1. The Bertz CT molecular complexity index is 485. The molecule has 0 saturated heterocycles. The van der Waals surface area contributed by atoms with Gasteiger partial charge in [0.2, 0.25) is 0 Å². The van der Waals surface area contributed by atoms with E-state index in [1.165, 1.54) is 73.8 Å². The fraction of sp³-hybridized carbons (Fsp3) is 0.652. The number of hydrogen-bond acceptors (Lipinski definition) is 0. The summed E-state index contributed by atoms with van der Waals surface area (Å²) in [7, 11) is 9.50. The molecule has 0 atom stereocenters. The highest BCUT2D eigenvalue weighted by molar-refractivity contribution is 5.47. The van der Waals surface area contributed by atoms with Crippen LogP contribution in [0.3, 0.4) is 0 Å². The monoisotopic (exact) mass is 346 g/mol. The van der Waals surface area contributed by atoms with E-state index in [0.717, 1.165) is 11.0 Å². The van der Waals surface area contributed by atoms with Gasteiger partial charge in [0.1, 0.15) is 6.54 Å². The zero-order valence-electron chi connectivity index (χ0n) is 17.6. The molecule has 0 amide bonds. The quantitative estimate of drug-likeness (QED) is 0.334. The van der Waals surface area contributed by atoms with Crippen molar-refractivity contribution in [3.8, 4) is 0 Å². The van der Waals surface area contributed by atoms with E-state index in [4.69, 9.17) is 0 Å². The third-order valence-electron chi connectivity index (χ3n) is 5.22. The minimum atomic E-state index is 1.07. The Balaban J connectivity index is 2.29. The van der Waals surface area contributed by atoms with Gasteiger partial charge in [-0.2, -0.15) is 0 Å². The molecule has 0 bridgehead atoms. The van der Waals surface area contributed by atoms with Gasteiger partial charge in [0.25, 0.3) is 0 Å². The van der Waals surface area contributed by atoms with Crippen molar-refractivity contribution in [1.82, 2.24) is 0 Å². The summed E-state index contributed by atoms with van der Waals surface area (Å²) in [6.45, 7) is 11.1. The van der Waals surface area contributed by atoms with Gasteiger partial charge >= 0.3 is 0 Å². The van der Waals surface area contributed by atoms with Gasteiger partial charge in [-0.15, -0.1) is 0 Å². The second-order valence-electron chi connectivity index (χ2n) is 8.91. The molecule has 1 rings (SSSR count). The number of hydrogen-bond donors (Lipinski definition) is 0. The molecule has 2 nitrogen and oxygen atoms in total. The van der Waals surface area contributed by atoms with Crippen molar-refractivity contribution in [2.24, 2.45) is 0 Å². The Morgan fingerprint density at radius 2 is 1.28 bits per heavy atom. The SMILES string of the molecule is C=Cc1ccc(C[N+](C)(C)CCCC[N+](C)(C)CCCCCC)cc1. The normalized spacial score (nSPS) is 12.4. The highest BCUT2D eigenvalue weighted by Crippen LogP contribution is 2.14. The highest BCUT2D eigenvalue weighted by Gasteiger charge is 2.18. The van der Waals surface area contributed by atoms with Gasteiger partial charge in [-0.05, 0) is 18.4 Å². The molecular formula is C23H42N2+2. The Kier molecular flexibility index (Phi) is 9.45. The number of quaternary nitrogens is 2. The van der Waals surface area contributed by atoms with E-state index < -0.39 is 0 Å². The zero-order chi connectivity index (χ0) is 18.8. The van der Waals surface area contributed by atoms with Crippen molar-refractivity contribution in [1.29, 1.82) is 0 Å². The molecule has 1 aromatic rings. The van der Waals surface area contributed by atoms with Gasteiger partial charge in [0.15, 0.2) is 0 Å². The maximum atomic E-state index is 3.83. The predicted molar refractivity (Wildman–Crippen MR) is 112 cm³/mol. The van der Waals surface area contributed by atoms with Crippen molar-refractivity contribution >= 4 is 6.08 Å². The van der Waals surface area contributed by atoms with Crippen molar-refractivity contribution in [2.75, 3.05) is 47.8 Å². The third-order valence-corrected chi connectivity index (χ3v) is 5.22. The molecule has 0 aliphatic rings. The Morgan fingerprint density at radius 3 is 1.80 bits per heavy atom. The highest BCUT2D eigenvalue weighted by atomic mass is 15.3. The van der Waals surface area contributed by atoms with Gasteiger partial charge in [0.05, 0.1) is 47.8 Å². The van der Waals surface area contributed by atoms with Crippen LogP contribution in [0.2, 0.25) is 0 Å². The summed E-state index contributed by atoms with van der Waals surface area (Å²) in [4.78, 5) is 0. The standard InChI is InChI=1S/C23H42N2/c1-7-9-10-11-18-24(3,4)19-12-13-20-25(5,6)21-23-16-14-22(8-2)15-17-23/h8,14-17H,2,7,9-13,18-21H2,1,3-6H3/q+2. The van der Waals surface area contributed by atoms with E-state index in [2.05, 4.69) is 66.0 Å². The van der Waals surface area contributed by atoms with E-state index >= 15 is 0 Å². The molecule has 25 heavy (non-hydrogen) atoms. The number of rotatable bonds is 13. The van der Waals surface area contributed by atoms with E-state index in [-0.39, 0.29) is 0 Å². The summed E-state index contributed by atoms with van der Waals surface area (Å²) in [6.07, 6.45) is 10.0. The fourth-order valence-corrected chi connectivity index (χ4v) is 3.49. The maximum absolute atomic E-state index is 3.83. The first kappa shape index (κ1) is 21.9. The van der Waals surface area contributed by atoms with E-state index in [9.17, 15) is 0 Å². The smallest absolute Gasteiger partial charge is 0.104 e. The van der Waals surface area contributed by atoms with Crippen LogP contribution in [0.5, 0.6) is 0 Å². The van der Waals surface area contributed by atoms with E-state index in [0.29, 0.717) is 0 Å². The van der Waals surface area contributed by atoms with E-state index in [1.807, 2.05) is 6.08 Å². The first-order chi connectivity index (χ1) is 11.8. The maximum Gasteiger partial charge on any atom is 0.104 e. The fourth-order valence-electron chi connectivity index (χ4n) is 3.49. The van der Waals surface area contributed by atoms with Gasteiger partial charge in [-0.3, -0.25) is 0 Å². The summed E-state index contributed by atoms with van der Waals surface area (Å²) in [5.74, 6) is 0. The molecule has 0 aromatic heterocycles. The van der Waals surface area contributed by atoms with Gasteiger partial charge in [-0.25, -0.2) is 0 Å². The van der Waals surface area contributed by atoms with E-state index in [1.54, 1.807) is 0 Å². The first-order valence-corrected chi connectivity index (χ1v) is 10.1. The lowest BCUT2D eigenvalue weighted by molar-refractivity contribution is -0.906. The molecule has 0 aliphatic carbocycles. The molecular weight excluding hydrogens is 304 g/mol. The molecule has 1 aromatic carbocycles. The van der Waals surface area contributed by atoms with Crippen LogP contribution in [0, 0.1) is 0 Å². The summed E-state index contributed by atoms with van der Waals surface area (Å²) in [5, 5.41) is 0. The van der Waals surface area contributed by atoms with Crippen LogP contribution in [-0.2, 0) is 6.54 Å². The average Bonchev–Trinajstić information content (AvgIpc) is 2.56. The Hall–Kier alpha value is -1.12. The molecule has 0 saturated carbocycles. The van der Waals surface area contributed by atoms with Gasteiger partial charge in [0, 0.05) is 18.4 Å². The molecule has 0 fully saturated rings. The van der Waals surface area contributed by atoms with Crippen molar-refractivity contribution in [3.05, 3.63) is 42.0 Å². The molecule has 2 heteroatoms. The van der Waals surface area contributed by atoms with Crippen LogP contribution in [0.25, 0.3) is 6.08 Å². The second-order valence-corrected chi connectivity index (χ2v) is 8.91. The molecule has 0 unspecified atom stereocenters. The van der Waals surface area contributed by atoms with Gasteiger partial charge in [-0.1, -0.05) is 56.7 Å².